The first kappa shape index (κ1) is 31.7. The molecule has 2 aliphatic heterocycles. The van der Waals surface area contributed by atoms with Gasteiger partial charge in [0.15, 0.2) is 0 Å². The second-order valence-corrected chi connectivity index (χ2v) is 24.6. The fourth-order valence-corrected chi connectivity index (χ4v) is 4.43. The van der Waals surface area contributed by atoms with Crippen molar-refractivity contribution in [2.45, 2.75) is 44.9 Å². The van der Waals surface area contributed by atoms with Gasteiger partial charge in [0, 0.05) is 26.4 Å². The molecule has 0 unspecified atom stereocenters. The molecular weight excluding hydrogens is 825 g/mol. The van der Waals surface area contributed by atoms with E-state index < -0.39 is 0 Å². The molecule has 0 amide bonds. The van der Waals surface area contributed by atoms with Crippen LogP contribution in [0.15, 0.2) is 46.9 Å². The fraction of sp³-hybridized carbons (Fsp3) is 0.520. The van der Waals surface area contributed by atoms with E-state index in [1.165, 1.54) is 11.1 Å². The molecule has 2 saturated heterocycles. The van der Waals surface area contributed by atoms with Crippen LogP contribution in [0.3, 0.4) is 0 Å². The van der Waals surface area contributed by atoms with Crippen molar-refractivity contribution in [1.29, 1.82) is 0 Å². The topological polar surface area (TPSA) is 36.9 Å². The van der Waals surface area contributed by atoms with Gasteiger partial charge in [0.1, 0.15) is 11.5 Å². The molecule has 0 atom stereocenters. The van der Waals surface area contributed by atoms with Gasteiger partial charge in [-0.25, -0.2) is 0 Å². The second kappa shape index (κ2) is 18.8. The molecule has 4 rings (SSSR count). The number of ether oxygens (including phenoxy) is 4. The summed E-state index contributed by atoms with van der Waals surface area (Å²) >= 11 is 8.82. The van der Waals surface area contributed by atoms with Gasteiger partial charge in [-0.05, 0) is 88.8 Å². The number of rotatable bonds is 4. The molecule has 2 heterocycles. The fourth-order valence-electron chi connectivity index (χ4n) is 3.87. The van der Waals surface area contributed by atoms with Crippen LogP contribution in [0.2, 0.25) is 0 Å². The van der Waals surface area contributed by atoms with Crippen LogP contribution in [0, 0.1) is 0 Å². The van der Waals surface area contributed by atoms with Gasteiger partial charge in [0.05, 0.1) is 18.7 Å². The van der Waals surface area contributed by atoms with Crippen molar-refractivity contribution in [2.24, 2.45) is 0 Å². The zero-order chi connectivity index (χ0) is 23.2. The predicted molar refractivity (Wildman–Crippen MR) is 154 cm³/mol. The molecule has 33 heavy (non-hydrogen) atoms. The Morgan fingerprint density at radius 2 is 1.24 bits per heavy atom. The standard InChI is InChI=1S/C12H15BrO2.C12H16O2.CH4.I3/c1-14-12-3-2-10(8-11(12)13)9-4-6-15-7-5-9;1-13-12-4-2-10(3-5-12)11-6-8-14-9-7-11;;1-3-2/h2-3,8-9H,4-7H2,1H3;2-5,11H,6-9H2,1H3;1H4;/q;;;-1. The van der Waals surface area contributed by atoms with Crippen molar-refractivity contribution >= 4 is 53.2 Å². The van der Waals surface area contributed by atoms with Gasteiger partial charge in [0.2, 0.25) is 0 Å². The van der Waals surface area contributed by atoms with E-state index in [9.17, 15) is 0 Å². The Hall–Kier alpha value is 0.630. The van der Waals surface area contributed by atoms with E-state index in [2.05, 4.69) is 77.4 Å². The first-order valence-electron chi connectivity index (χ1n) is 10.6. The van der Waals surface area contributed by atoms with Crippen molar-refractivity contribution in [3.63, 3.8) is 0 Å². The monoisotopic (exact) mass is 859 g/mol. The summed E-state index contributed by atoms with van der Waals surface area (Å²) in [6, 6.07) is 14.7. The van der Waals surface area contributed by atoms with Crippen molar-refractivity contribution in [3.05, 3.63) is 58.1 Å². The molecule has 0 aliphatic carbocycles. The van der Waals surface area contributed by atoms with E-state index in [0.29, 0.717) is 25.1 Å². The molecule has 2 aliphatic rings. The van der Waals surface area contributed by atoms with E-state index in [4.69, 9.17) is 18.9 Å². The van der Waals surface area contributed by atoms with Crippen LogP contribution in [-0.4, -0.2) is 40.6 Å². The van der Waals surface area contributed by atoms with Crippen molar-refractivity contribution in [2.75, 3.05) is 40.6 Å². The van der Waals surface area contributed by atoms with Crippen LogP contribution in [0.5, 0.6) is 11.5 Å². The zero-order valence-electron chi connectivity index (χ0n) is 18.5. The van der Waals surface area contributed by atoms with E-state index >= 15 is 0 Å². The Morgan fingerprint density at radius 1 is 0.788 bits per heavy atom. The number of halogens is 4. The minimum absolute atomic E-state index is 0. The Labute approximate surface area is 238 Å². The van der Waals surface area contributed by atoms with Gasteiger partial charge in [0.25, 0.3) is 0 Å². The van der Waals surface area contributed by atoms with Gasteiger partial charge in [-0.1, -0.05) is 25.6 Å². The molecular formula is C25H35BrI3O4-. The van der Waals surface area contributed by atoms with Crippen LogP contribution in [0.25, 0.3) is 0 Å². The zero-order valence-corrected chi connectivity index (χ0v) is 26.6. The Morgan fingerprint density at radius 3 is 1.67 bits per heavy atom. The molecule has 4 nitrogen and oxygen atoms in total. The number of benzene rings is 2. The van der Waals surface area contributed by atoms with E-state index in [1.807, 2.05) is 18.2 Å². The average Bonchev–Trinajstić information content (AvgIpc) is 2.86. The Balaban J connectivity index is 0.000000288. The molecule has 2 fully saturated rings. The Bertz CT molecular complexity index is 765. The molecule has 8 heteroatoms. The van der Waals surface area contributed by atoms with Crippen LogP contribution in [-0.2, 0) is 9.47 Å². The summed E-state index contributed by atoms with van der Waals surface area (Å²) in [4.78, 5) is 0. The van der Waals surface area contributed by atoms with Gasteiger partial charge < -0.3 is 18.9 Å². The van der Waals surface area contributed by atoms with E-state index in [-0.39, 0.29) is 7.43 Å². The summed E-state index contributed by atoms with van der Waals surface area (Å²) in [5.74, 6) is 3.14. The molecule has 0 spiro atoms. The second-order valence-electron chi connectivity index (χ2n) is 7.49. The van der Waals surface area contributed by atoms with Crippen molar-refractivity contribution in [1.82, 2.24) is 0 Å². The molecule has 0 bridgehead atoms. The van der Waals surface area contributed by atoms with Gasteiger partial charge >= 0.3 is 50.5 Å². The number of hydrogen-bond donors (Lipinski definition) is 0. The van der Waals surface area contributed by atoms with Crippen LogP contribution >= 0.6 is 53.2 Å². The van der Waals surface area contributed by atoms with Crippen molar-refractivity contribution in [3.8, 4) is 11.5 Å². The van der Waals surface area contributed by atoms with E-state index in [1.54, 1.807) is 14.2 Å². The van der Waals surface area contributed by atoms with Crippen molar-refractivity contribution < 1.29 is 32.2 Å². The molecule has 0 radical (unpaired) electrons. The van der Waals surface area contributed by atoms with Crippen LogP contribution in [0.4, 0.5) is 0 Å². The third-order valence-corrected chi connectivity index (χ3v) is 6.30. The summed E-state index contributed by atoms with van der Waals surface area (Å²) in [5.41, 5.74) is 2.79. The first-order chi connectivity index (χ1) is 15.6. The number of hydrogen-bond acceptors (Lipinski definition) is 4. The normalized spacial score (nSPS) is 16.4. The molecule has 0 saturated carbocycles. The number of methoxy groups -OCH3 is 2. The summed E-state index contributed by atoms with van der Waals surface area (Å²) in [6.07, 6.45) is 4.54. The Kier molecular flexibility index (Phi) is 18.1. The maximum atomic E-state index is 5.36. The summed E-state index contributed by atoms with van der Waals surface area (Å²) in [7, 11) is 3.39. The molecule has 0 N–H and O–H groups in total. The van der Waals surface area contributed by atoms with Gasteiger partial charge in [-0.3, -0.25) is 0 Å². The SMILES string of the molecule is C.COc1ccc(C2CCOCC2)cc1.COc1ccc(C2CCOCC2)cc1Br.I[I-]I. The van der Waals surface area contributed by atoms with Gasteiger partial charge in [-0.2, -0.15) is 0 Å². The first-order valence-corrected chi connectivity index (χ1v) is 24.0. The molecule has 2 aromatic carbocycles. The third kappa shape index (κ3) is 11.5. The van der Waals surface area contributed by atoms with Crippen LogP contribution < -0.4 is 22.7 Å². The molecule has 2 aromatic rings. The van der Waals surface area contributed by atoms with Crippen LogP contribution in [0.1, 0.15) is 56.1 Å². The average molecular weight is 860 g/mol. The maximum absolute atomic E-state index is 5.36. The van der Waals surface area contributed by atoms with Gasteiger partial charge in [-0.15, -0.1) is 0 Å². The summed E-state index contributed by atoms with van der Waals surface area (Å²) < 4.78 is 22.1. The third-order valence-electron chi connectivity index (χ3n) is 5.68. The quantitative estimate of drug-likeness (QED) is 0.389. The summed E-state index contributed by atoms with van der Waals surface area (Å²) in [5, 5.41) is 0. The molecule has 0 aromatic heterocycles. The predicted octanol–water partition coefficient (Wildman–Crippen LogP) is 5.35. The van der Waals surface area contributed by atoms with E-state index in [0.717, 1.165) is 68.1 Å². The minimum atomic E-state index is 0. The molecule has 188 valence electrons. The summed E-state index contributed by atoms with van der Waals surface area (Å²) in [6.45, 7) is 3.57.